The summed E-state index contributed by atoms with van der Waals surface area (Å²) < 4.78 is 9.23. The summed E-state index contributed by atoms with van der Waals surface area (Å²) in [5, 5.41) is 2.18. The van der Waals surface area contributed by atoms with Gasteiger partial charge in [0.15, 0.2) is 0 Å². The number of rotatable bonds is 4. The molecule has 1 amide bonds. The van der Waals surface area contributed by atoms with Gasteiger partial charge in [-0.1, -0.05) is 30.3 Å². The molecule has 1 aromatic carbocycles. The standard InChI is InChI=1S/C13H11NO5/c15-11(18-8-9-4-2-1-3-5-9)7-6-10-12(16)19-13(17)14-10/h1-6H,7-8H2,(H,14,17)/b10-6+. The molecule has 1 N–H and O–H groups in total. The average molecular weight is 261 g/mol. The molecule has 0 aromatic heterocycles. The molecule has 1 aliphatic heterocycles. The van der Waals surface area contributed by atoms with Crippen LogP contribution < -0.4 is 5.32 Å². The van der Waals surface area contributed by atoms with Crippen LogP contribution in [0.3, 0.4) is 0 Å². The van der Waals surface area contributed by atoms with Crippen LogP contribution >= 0.6 is 0 Å². The van der Waals surface area contributed by atoms with Gasteiger partial charge in [-0.2, -0.15) is 0 Å². The van der Waals surface area contributed by atoms with Crippen molar-refractivity contribution in [2.24, 2.45) is 0 Å². The van der Waals surface area contributed by atoms with Crippen LogP contribution in [0.4, 0.5) is 4.79 Å². The van der Waals surface area contributed by atoms with Crippen LogP contribution in [0.2, 0.25) is 0 Å². The van der Waals surface area contributed by atoms with E-state index < -0.39 is 18.0 Å². The van der Waals surface area contributed by atoms with Crippen molar-refractivity contribution >= 4 is 18.0 Å². The summed E-state index contributed by atoms with van der Waals surface area (Å²) >= 11 is 0. The van der Waals surface area contributed by atoms with Gasteiger partial charge < -0.3 is 9.47 Å². The van der Waals surface area contributed by atoms with E-state index >= 15 is 0 Å². The zero-order chi connectivity index (χ0) is 13.7. The van der Waals surface area contributed by atoms with E-state index in [1.54, 1.807) is 0 Å². The van der Waals surface area contributed by atoms with Gasteiger partial charge >= 0.3 is 18.0 Å². The summed E-state index contributed by atoms with van der Waals surface area (Å²) in [4.78, 5) is 33.2. The van der Waals surface area contributed by atoms with Crippen molar-refractivity contribution in [3.8, 4) is 0 Å². The van der Waals surface area contributed by atoms with Crippen molar-refractivity contribution in [3.05, 3.63) is 47.7 Å². The van der Waals surface area contributed by atoms with Gasteiger partial charge in [-0.05, 0) is 11.6 Å². The molecule has 1 fully saturated rings. The minimum absolute atomic E-state index is 0.0401. The van der Waals surface area contributed by atoms with E-state index in [1.165, 1.54) is 6.08 Å². The Morgan fingerprint density at radius 1 is 1.26 bits per heavy atom. The van der Waals surface area contributed by atoms with E-state index in [2.05, 4.69) is 10.1 Å². The molecule has 0 spiro atoms. The molecule has 0 radical (unpaired) electrons. The van der Waals surface area contributed by atoms with Gasteiger partial charge in [0.25, 0.3) is 0 Å². The predicted octanol–water partition coefficient (Wildman–Crippen LogP) is 1.27. The van der Waals surface area contributed by atoms with Crippen LogP contribution in [0.15, 0.2) is 42.1 Å². The molecule has 1 aliphatic rings. The van der Waals surface area contributed by atoms with Gasteiger partial charge in [-0.15, -0.1) is 0 Å². The Hall–Kier alpha value is -2.63. The zero-order valence-electron chi connectivity index (χ0n) is 9.92. The average Bonchev–Trinajstić information content (AvgIpc) is 2.73. The molecule has 2 rings (SSSR count). The highest BCUT2D eigenvalue weighted by Gasteiger charge is 2.25. The molecule has 0 aliphatic carbocycles. The normalized spacial score (nSPS) is 16.1. The maximum atomic E-state index is 11.4. The Labute approximate surface area is 109 Å². The fraction of sp³-hybridized carbons (Fsp3) is 0.154. The van der Waals surface area contributed by atoms with E-state index in [0.717, 1.165) is 5.56 Å². The molecular weight excluding hydrogens is 250 g/mol. The maximum Gasteiger partial charge on any atom is 0.419 e. The number of carbonyl (C=O) groups is 3. The number of hydrogen-bond acceptors (Lipinski definition) is 5. The van der Waals surface area contributed by atoms with Gasteiger partial charge in [-0.25, -0.2) is 9.59 Å². The summed E-state index contributed by atoms with van der Waals surface area (Å²) in [6.45, 7) is 0.166. The SMILES string of the molecule is O=C(C/C=C1/NC(=O)OC1=O)OCc1ccccc1. The second kappa shape index (κ2) is 5.81. The second-order valence-electron chi connectivity index (χ2n) is 3.77. The Balaban J connectivity index is 1.81. The third-order valence-electron chi connectivity index (χ3n) is 2.36. The van der Waals surface area contributed by atoms with Crippen molar-refractivity contribution in [1.82, 2.24) is 5.32 Å². The first-order chi connectivity index (χ1) is 9.15. The number of carbonyl (C=O) groups excluding carboxylic acids is 3. The zero-order valence-corrected chi connectivity index (χ0v) is 9.92. The lowest BCUT2D eigenvalue weighted by Gasteiger charge is -2.02. The molecule has 0 atom stereocenters. The number of ether oxygens (including phenoxy) is 2. The number of alkyl carbamates (subject to hydrolysis) is 1. The Morgan fingerprint density at radius 3 is 2.63 bits per heavy atom. The molecule has 0 bridgehead atoms. The Kier molecular flexibility index (Phi) is 3.92. The molecule has 6 heteroatoms. The predicted molar refractivity (Wildman–Crippen MR) is 63.6 cm³/mol. The second-order valence-corrected chi connectivity index (χ2v) is 3.77. The molecule has 0 unspecified atom stereocenters. The minimum Gasteiger partial charge on any atom is -0.461 e. The van der Waals surface area contributed by atoms with Crippen LogP contribution in [-0.4, -0.2) is 18.0 Å². The first-order valence-corrected chi connectivity index (χ1v) is 5.58. The third-order valence-corrected chi connectivity index (χ3v) is 2.36. The molecule has 19 heavy (non-hydrogen) atoms. The summed E-state index contributed by atoms with van der Waals surface area (Å²) in [6.07, 6.45) is 0.312. The van der Waals surface area contributed by atoms with Crippen molar-refractivity contribution in [1.29, 1.82) is 0 Å². The molecule has 98 valence electrons. The van der Waals surface area contributed by atoms with Crippen molar-refractivity contribution < 1.29 is 23.9 Å². The van der Waals surface area contributed by atoms with Crippen LogP contribution in [0, 0.1) is 0 Å². The smallest absolute Gasteiger partial charge is 0.419 e. The van der Waals surface area contributed by atoms with Crippen LogP contribution in [0.5, 0.6) is 0 Å². The van der Waals surface area contributed by atoms with E-state index in [4.69, 9.17) is 4.74 Å². The number of cyclic esters (lactones) is 2. The number of nitrogens with one attached hydrogen (secondary N) is 1. The van der Waals surface area contributed by atoms with E-state index in [1.807, 2.05) is 30.3 Å². The summed E-state index contributed by atoms with van der Waals surface area (Å²) in [7, 11) is 0. The third kappa shape index (κ3) is 3.67. The van der Waals surface area contributed by atoms with Gasteiger partial charge in [0.1, 0.15) is 12.3 Å². The number of benzene rings is 1. The number of esters is 2. The summed E-state index contributed by atoms with van der Waals surface area (Å²) in [5.41, 5.74) is 0.832. The van der Waals surface area contributed by atoms with Crippen molar-refractivity contribution in [2.45, 2.75) is 13.0 Å². The lowest BCUT2D eigenvalue weighted by Crippen LogP contribution is -2.12. The largest absolute Gasteiger partial charge is 0.461 e. The maximum absolute atomic E-state index is 11.4. The van der Waals surface area contributed by atoms with Gasteiger partial charge in [0.2, 0.25) is 0 Å². The molecular formula is C13H11NO5. The monoisotopic (exact) mass is 261 g/mol. The lowest BCUT2D eigenvalue weighted by molar-refractivity contribution is -0.143. The molecule has 1 heterocycles. The first-order valence-electron chi connectivity index (χ1n) is 5.58. The van der Waals surface area contributed by atoms with Gasteiger partial charge in [0, 0.05) is 0 Å². The van der Waals surface area contributed by atoms with E-state index in [0.29, 0.717) is 0 Å². The quantitative estimate of drug-likeness (QED) is 0.501. The molecule has 1 aromatic rings. The van der Waals surface area contributed by atoms with Crippen LogP contribution in [0.1, 0.15) is 12.0 Å². The first kappa shape index (κ1) is 12.8. The van der Waals surface area contributed by atoms with Crippen LogP contribution in [-0.2, 0) is 25.7 Å². The molecule has 6 nitrogen and oxygen atoms in total. The van der Waals surface area contributed by atoms with E-state index in [-0.39, 0.29) is 18.7 Å². The topological polar surface area (TPSA) is 81.7 Å². The highest BCUT2D eigenvalue weighted by molar-refractivity contribution is 6.04. The highest BCUT2D eigenvalue weighted by atomic mass is 16.6. The van der Waals surface area contributed by atoms with Crippen molar-refractivity contribution in [3.63, 3.8) is 0 Å². The molecule has 1 saturated heterocycles. The van der Waals surface area contributed by atoms with Gasteiger partial charge in [0.05, 0.1) is 6.42 Å². The van der Waals surface area contributed by atoms with Crippen molar-refractivity contribution in [2.75, 3.05) is 0 Å². The summed E-state index contributed by atoms with van der Waals surface area (Å²) in [5.74, 6) is -1.29. The van der Waals surface area contributed by atoms with E-state index in [9.17, 15) is 14.4 Å². The molecule has 0 saturated carbocycles. The number of hydrogen-bond donors (Lipinski definition) is 1. The summed E-state index contributed by atoms with van der Waals surface area (Å²) in [6, 6.07) is 9.22. The van der Waals surface area contributed by atoms with Gasteiger partial charge in [-0.3, -0.25) is 10.1 Å². The fourth-order valence-electron chi connectivity index (χ4n) is 1.44. The van der Waals surface area contributed by atoms with Crippen LogP contribution in [0.25, 0.3) is 0 Å². The minimum atomic E-state index is -0.839. The highest BCUT2D eigenvalue weighted by Crippen LogP contribution is 2.06. The Bertz CT molecular complexity index is 535. The lowest BCUT2D eigenvalue weighted by atomic mass is 10.2. The Morgan fingerprint density at radius 2 is 2.00 bits per heavy atom. The number of amides is 1. The fourth-order valence-corrected chi connectivity index (χ4v) is 1.44.